The molecule has 13 heavy (non-hydrogen) atoms. The molecule has 0 bridgehead atoms. The molecule has 2 atom stereocenters. The van der Waals surface area contributed by atoms with Crippen LogP contribution >= 0.6 is 0 Å². The zero-order valence-corrected chi connectivity index (χ0v) is 7.17. The maximum absolute atomic E-state index is 12.7. The molecule has 72 valence electrons. The molecule has 1 aromatic rings. The molecule has 1 rings (SSSR count). The molecule has 2 nitrogen and oxygen atoms in total. The molecular weight excluding hydrogens is 176 g/mol. The number of hydrogen-bond acceptors (Lipinski definition) is 2. The molecule has 0 aliphatic carbocycles. The first-order valence-corrected chi connectivity index (χ1v) is 3.90. The minimum Gasteiger partial charge on any atom is -0.391 e. The SMILES string of the molecule is CC(O)[C@H](N)c1cc(F)cc(F)c1. The fourth-order valence-electron chi connectivity index (χ4n) is 1.05. The van der Waals surface area contributed by atoms with Crippen LogP contribution in [0.1, 0.15) is 18.5 Å². The van der Waals surface area contributed by atoms with Gasteiger partial charge in [0.2, 0.25) is 0 Å². The highest BCUT2D eigenvalue weighted by molar-refractivity contribution is 5.21. The standard InChI is InChI=1S/C9H11F2NO/c1-5(13)9(12)6-2-7(10)4-8(11)3-6/h2-5,9,13H,12H2,1H3/t5?,9-/m0/s1. The maximum atomic E-state index is 12.7. The van der Waals surface area contributed by atoms with Crippen LogP contribution in [0.25, 0.3) is 0 Å². The van der Waals surface area contributed by atoms with Gasteiger partial charge in [-0.2, -0.15) is 0 Å². The van der Waals surface area contributed by atoms with Crippen molar-refractivity contribution in [2.24, 2.45) is 5.73 Å². The predicted molar refractivity (Wildman–Crippen MR) is 45.0 cm³/mol. The van der Waals surface area contributed by atoms with Crippen molar-refractivity contribution < 1.29 is 13.9 Å². The Labute approximate surface area is 75.0 Å². The lowest BCUT2D eigenvalue weighted by molar-refractivity contribution is 0.164. The molecule has 1 unspecified atom stereocenters. The van der Waals surface area contributed by atoms with Gasteiger partial charge in [0.15, 0.2) is 0 Å². The minimum absolute atomic E-state index is 0.257. The molecule has 0 aliphatic rings. The Morgan fingerprint density at radius 2 is 1.69 bits per heavy atom. The van der Waals surface area contributed by atoms with Crippen LogP contribution in [0.15, 0.2) is 18.2 Å². The van der Waals surface area contributed by atoms with Gasteiger partial charge in [-0.05, 0) is 24.6 Å². The fraction of sp³-hybridized carbons (Fsp3) is 0.333. The van der Waals surface area contributed by atoms with Crippen LogP contribution < -0.4 is 5.73 Å². The van der Waals surface area contributed by atoms with E-state index < -0.39 is 23.8 Å². The molecule has 0 heterocycles. The number of aliphatic hydroxyl groups is 1. The highest BCUT2D eigenvalue weighted by Gasteiger charge is 2.13. The predicted octanol–water partition coefficient (Wildman–Crippen LogP) is 1.35. The first-order chi connectivity index (χ1) is 6.00. The summed E-state index contributed by atoms with van der Waals surface area (Å²) in [6.07, 6.45) is -0.832. The lowest BCUT2D eigenvalue weighted by Gasteiger charge is -2.14. The van der Waals surface area contributed by atoms with Gasteiger partial charge in [-0.1, -0.05) is 0 Å². The van der Waals surface area contributed by atoms with Crippen molar-refractivity contribution in [3.8, 4) is 0 Å². The van der Waals surface area contributed by atoms with E-state index >= 15 is 0 Å². The number of rotatable bonds is 2. The van der Waals surface area contributed by atoms with E-state index in [0.29, 0.717) is 0 Å². The quantitative estimate of drug-likeness (QED) is 0.734. The zero-order chi connectivity index (χ0) is 10.0. The van der Waals surface area contributed by atoms with Gasteiger partial charge in [0.05, 0.1) is 12.1 Å². The van der Waals surface area contributed by atoms with Gasteiger partial charge in [0, 0.05) is 6.07 Å². The molecule has 0 radical (unpaired) electrons. The third-order valence-corrected chi connectivity index (χ3v) is 1.79. The first kappa shape index (κ1) is 10.1. The number of hydrogen-bond donors (Lipinski definition) is 2. The lowest BCUT2D eigenvalue weighted by atomic mass is 10.0. The van der Waals surface area contributed by atoms with Crippen molar-refractivity contribution in [3.05, 3.63) is 35.4 Å². The van der Waals surface area contributed by atoms with Crippen molar-refractivity contribution in [2.45, 2.75) is 19.1 Å². The van der Waals surface area contributed by atoms with Crippen molar-refractivity contribution in [3.63, 3.8) is 0 Å². The topological polar surface area (TPSA) is 46.2 Å². The van der Waals surface area contributed by atoms with Crippen LogP contribution in [0.4, 0.5) is 8.78 Å². The van der Waals surface area contributed by atoms with Crippen LogP contribution in [0.3, 0.4) is 0 Å². The van der Waals surface area contributed by atoms with E-state index in [9.17, 15) is 8.78 Å². The largest absolute Gasteiger partial charge is 0.391 e. The van der Waals surface area contributed by atoms with Gasteiger partial charge in [-0.3, -0.25) is 0 Å². The Morgan fingerprint density at radius 1 is 1.23 bits per heavy atom. The van der Waals surface area contributed by atoms with Crippen LogP contribution in [-0.2, 0) is 0 Å². The highest BCUT2D eigenvalue weighted by atomic mass is 19.1. The Morgan fingerprint density at radius 3 is 2.08 bits per heavy atom. The summed E-state index contributed by atoms with van der Waals surface area (Å²) in [4.78, 5) is 0. The number of benzene rings is 1. The smallest absolute Gasteiger partial charge is 0.126 e. The van der Waals surface area contributed by atoms with E-state index in [0.717, 1.165) is 18.2 Å². The monoisotopic (exact) mass is 187 g/mol. The summed E-state index contributed by atoms with van der Waals surface area (Å²) in [5.41, 5.74) is 5.75. The van der Waals surface area contributed by atoms with Gasteiger partial charge in [0.25, 0.3) is 0 Å². The molecule has 1 aromatic carbocycles. The van der Waals surface area contributed by atoms with Crippen molar-refractivity contribution >= 4 is 0 Å². The van der Waals surface area contributed by atoms with Gasteiger partial charge >= 0.3 is 0 Å². The van der Waals surface area contributed by atoms with Crippen LogP contribution in [0.2, 0.25) is 0 Å². The molecule has 4 heteroatoms. The van der Waals surface area contributed by atoms with E-state index in [4.69, 9.17) is 10.8 Å². The summed E-state index contributed by atoms with van der Waals surface area (Å²) in [6, 6.07) is 2.23. The number of halogens is 2. The van der Waals surface area contributed by atoms with E-state index in [2.05, 4.69) is 0 Å². The Kier molecular flexibility index (Phi) is 2.95. The van der Waals surface area contributed by atoms with Crippen molar-refractivity contribution in [2.75, 3.05) is 0 Å². The molecule has 0 saturated heterocycles. The van der Waals surface area contributed by atoms with Gasteiger partial charge in [-0.25, -0.2) is 8.78 Å². The molecule has 0 spiro atoms. The summed E-state index contributed by atoms with van der Waals surface area (Å²) in [5.74, 6) is -1.38. The second-order valence-corrected chi connectivity index (χ2v) is 2.97. The minimum atomic E-state index is -0.832. The van der Waals surface area contributed by atoms with Crippen LogP contribution in [0, 0.1) is 11.6 Å². The van der Waals surface area contributed by atoms with E-state index in [-0.39, 0.29) is 5.56 Å². The van der Waals surface area contributed by atoms with Crippen LogP contribution in [-0.4, -0.2) is 11.2 Å². The Balaban J connectivity index is 3.01. The van der Waals surface area contributed by atoms with E-state index in [1.54, 1.807) is 0 Å². The molecular formula is C9H11F2NO. The molecule has 0 aliphatic heterocycles. The van der Waals surface area contributed by atoms with Crippen molar-refractivity contribution in [1.82, 2.24) is 0 Å². The summed E-state index contributed by atoms with van der Waals surface area (Å²) >= 11 is 0. The zero-order valence-electron chi connectivity index (χ0n) is 7.17. The van der Waals surface area contributed by atoms with Gasteiger partial charge < -0.3 is 10.8 Å². The third kappa shape index (κ3) is 2.47. The first-order valence-electron chi connectivity index (χ1n) is 3.90. The summed E-state index contributed by atoms with van der Waals surface area (Å²) in [7, 11) is 0. The van der Waals surface area contributed by atoms with Gasteiger partial charge in [0.1, 0.15) is 11.6 Å². The normalized spacial score (nSPS) is 15.5. The summed E-state index contributed by atoms with van der Waals surface area (Å²) < 4.78 is 25.3. The second kappa shape index (κ2) is 3.81. The average Bonchev–Trinajstić information content (AvgIpc) is 2.01. The number of nitrogens with two attached hydrogens (primary N) is 1. The summed E-state index contributed by atoms with van der Waals surface area (Å²) in [6.45, 7) is 1.47. The molecule has 0 fully saturated rings. The summed E-state index contributed by atoms with van der Waals surface area (Å²) in [5, 5.41) is 9.09. The van der Waals surface area contributed by atoms with Crippen LogP contribution in [0.5, 0.6) is 0 Å². The molecule has 0 aromatic heterocycles. The Bertz CT molecular complexity index is 281. The lowest BCUT2D eigenvalue weighted by Crippen LogP contribution is -2.23. The van der Waals surface area contributed by atoms with E-state index in [1.807, 2.05) is 0 Å². The average molecular weight is 187 g/mol. The van der Waals surface area contributed by atoms with Gasteiger partial charge in [-0.15, -0.1) is 0 Å². The maximum Gasteiger partial charge on any atom is 0.126 e. The third-order valence-electron chi connectivity index (χ3n) is 1.79. The van der Waals surface area contributed by atoms with Crippen molar-refractivity contribution in [1.29, 1.82) is 0 Å². The fourth-order valence-corrected chi connectivity index (χ4v) is 1.05. The molecule has 0 saturated carbocycles. The van der Waals surface area contributed by atoms with E-state index in [1.165, 1.54) is 6.92 Å². The molecule has 3 N–H and O–H groups in total. The number of aliphatic hydroxyl groups excluding tert-OH is 1. The highest BCUT2D eigenvalue weighted by Crippen LogP contribution is 2.16. The second-order valence-electron chi connectivity index (χ2n) is 2.97. The molecule has 0 amide bonds. The Hall–Kier alpha value is -1.00.